The fourth-order valence-corrected chi connectivity index (χ4v) is 5.61. The van der Waals surface area contributed by atoms with Gasteiger partial charge in [-0.05, 0) is 54.1 Å². The maximum Gasteiger partial charge on any atom is 0.232 e. The molecule has 2 atom stereocenters. The van der Waals surface area contributed by atoms with Crippen LogP contribution >= 0.6 is 0 Å². The molecular formula is C28H30N2O3. The minimum Gasteiger partial charge on any atom is -0.490 e. The summed E-state index contributed by atoms with van der Waals surface area (Å²) in [4.78, 5) is 15.6. The number of likely N-dealkylation sites (tertiary alicyclic amines) is 1. The maximum atomic E-state index is 13.2. The number of primary amides is 1. The highest BCUT2D eigenvalue weighted by molar-refractivity contribution is 5.91. The molecule has 2 heterocycles. The van der Waals surface area contributed by atoms with Gasteiger partial charge in [0.1, 0.15) is 23.9 Å². The van der Waals surface area contributed by atoms with Crippen LogP contribution in [0, 0.1) is 5.92 Å². The summed E-state index contributed by atoms with van der Waals surface area (Å²) in [5.41, 5.74) is 9.34. The molecule has 2 aliphatic rings. The van der Waals surface area contributed by atoms with Gasteiger partial charge in [0.15, 0.2) is 0 Å². The molecule has 3 N–H and O–H groups in total. The first-order valence-corrected chi connectivity index (χ1v) is 11.7. The number of aliphatic hydroxyl groups is 1. The number of amides is 1. The highest BCUT2D eigenvalue weighted by atomic mass is 16.5. The lowest BCUT2D eigenvalue weighted by atomic mass is 9.64. The Morgan fingerprint density at radius 3 is 2.33 bits per heavy atom. The Morgan fingerprint density at radius 2 is 1.70 bits per heavy atom. The minimum absolute atomic E-state index is 0.0926. The van der Waals surface area contributed by atoms with E-state index in [2.05, 4.69) is 17.0 Å². The smallest absolute Gasteiger partial charge is 0.232 e. The molecule has 33 heavy (non-hydrogen) atoms. The Kier molecular flexibility index (Phi) is 5.92. The van der Waals surface area contributed by atoms with Crippen LogP contribution in [0.2, 0.25) is 0 Å². The fourth-order valence-electron chi connectivity index (χ4n) is 5.61. The van der Waals surface area contributed by atoms with E-state index < -0.39 is 11.5 Å². The molecule has 0 spiro atoms. The van der Waals surface area contributed by atoms with Crippen molar-refractivity contribution in [2.45, 2.75) is 24.4 Å². The minimum atomic E-state index is -0.855. The van der Waals surface area contributed by atoms with Gasteiger partial charge in [-0.3, -0.25) is 4.79 Å². The summed E-state index contributed by atoms with van der Waals surface area (Å²) in [7, 11) is 0. The average molecular weight is 443 g/mol. The number of nitrogens with zero attached hydrogens (tertiary/aromatic N) is 1. The van der Waals surface area contributed by atoms with E-state index >= 15 is 0 Å². The lowest BCUT2D eigenvalue weighted by Crippen LogP contribution is -2.49. The Bertz CT molecular complexity index is 1080. The monoisotopic (exact) mass is 442 g/mol. The SMILES string of the molecule is NC(=O)C(c1ccccc1)(c1ccccc1)[C@H]1CCN(CCc2ccc3c(c2)[C@H](O)CO3)C1. The molecule has 5 rings (SSSR count). The van der Waals surface area contributed by atoms with E-state index in [4.69, 9.17) is 10.5 Å². The first-order valence-electron chi connectivity index (χ1n) is 11.7. The van der Waals surface area contributed by atoms with Gasteiger partial charge in [0.05, 0.1) is 0 Å². The molecule has 1 amide bonds. The van der Waals surface area contributed by atoms with Gasteiger partial charge in [-0.2, -0.15) is 0 Å². The molecule has 1 saturated heterocycles. The lowest BCUT2D eigenvalue weighted by molar-refractivity contribution is -0.123. The van der Waals surface area contributed by atoms with Gasteiger partial charge in [0.2, 0.25) is 5.91 Å². The number of carbonyl (C=O) groups is 1. The summed E-state index contributed by atoms with van der Waals surface area (Å²) in [6.07, 6.45) is 1.25. The molecule has 0 bridgehead atoms. The predicted molar refractivity (Wildman–Crippen MR) is 128 cm³/mol. The van der Waals surface area contributed by atoms with E-state index in [1.807, 2.05) is 66.7 Å². The molecule has 0 unspecified atom stereocenters. The number of ether oxygens (including phenoxy) is 1. The molecular weight excluding hydrogens is 412 g/mol. The number of rotatable bonds is 7. The van der Waals surface area contributed by atoms with Crippen molar-refractivity contribution in [1.29, 1.82) is 0 Å². The summed E-state index contributed by atoms with van der Waals surface area (Å²) < 4.78 is 5.50. The first kappa shape index (κ1) is 21.7. The zero-order chi connectivity index (χ0) is 22.8. The van der Waals surface area contributed by atoms with Gasteiger partial charge >= 0.3 is 0 Å². The van der Waals surface area contributed by atoms with Crippen molar-refractivity contribution in [2.24, 2.45) is 11.7 Å². The van der Waals surface area contributed by atoms with Gasteiger partial charge in [-0.15, -0.1) is 0 Å². The van der Waals surface area contributed by atoms with Crippen LogP contribution in [-0.4, -0.2) is 42.2 Å². The number of nitrogens with two attached hydrogens (primary N) is 1. The number of hydrogen-bond donors (Lipinski definition) is 2. The summed E-state index contributed by atoms with van der Waals surface area (Å²) in [6, 6.07) is 26.1. The Hall–Kier alpha value is -3.15. The lowest BCUT2D eigenvalue weighted by Gasteiger charge is -2.37. The van der Waals surface area contributed by atoms with Crippen LogP contribution in [0.15, 0.2) is 78.9 Å². The van der Waals surface area contributed by atoms with Gasteiger partial charge in [-0.1, -0.05) is 66.7 Å². The fraction of sp³-hybridized carbons (Fsp3) is 0.321. The molecule has 0 aliphatic carbocycles. The summed E-state index contributed by atoms with van der Waals surface area (Å²) in [5, 5.41) is 10.1. The average Bonchev–Trinajstić information content (AvgIpc) is 3.46. The number of hydrogen-bond acceptors (Lipinski definition) is 4. The quantitative estimate of drug-likeness (QED) is 0.588. The highest BCUT2D eigenvalue weighted by Gasteiger charge is 2.49. The topological polar surface area (TPSA) is 75.8 Å². The predicted octanol–water partition coefficient (Wildman–Crippen LogP) is 3.45. The van der Waals surface area contributed by atoms with Gasteiger partial charge < -0.3 is 20.5 Å². The first-order chi connectivity index (χ1) is 16.1. The van der Waals surface area contributed by atoms with Gasteiger partial charge in [0.25, 0.3) is 0 Å². The maximum absolute atomic E-state index is 13.2. The number of fused-ring (bicyclic) bond motifs is 1. The van der Waals surface area contributed by atoms with Crippen LogP contribution in [0.3, 0.4) is 0 Å². The molecule has 5 nitrogen and oxygen atoms in total. The van der Waals surface area contributed by atoms with Crippen molar-refractivity contribution in [2.75, 3.05) is 26.2 Å². The zero-order valence-corrected chi connectivity index (χ0v) is 18.7. The van der Waals surface area contributed by atoms with E-state index in [0.717, 1.165) is 54.9 Å². The van der Waals surface area contributed by atoms with Crippen molar-refractivity contribution < 1.29 is 14.6 Å². The van der Waals surface area contributed by atoms with Crippen LogP contribution < -0.4 is 10.5 Å². The Morgan fingerprint density at radius 1 is 1.03 bits per heavy atom. The molecule has 0 radical (unpaired) electrons. The molecule has 3 aromatic carbocycles. The number of aliphatic hydroxyl groups excluding tert-OH is 1. The van der Waals surface area contributed by atoms with Crippen LogP contribution in [-0.2, 0) is 16.6 Å². The molecule has 3 aromatic rings. The third-order valence-corrected chi connectivity index (χ3v) is 7.28. The van der Waals surface area contributed by atoms with Crippen LogP contribution in [0.25, 0.3) is 0 Å². The summed E-state index contributed by atoms with van der Waals surface area (Å²) in [6.45, 7) is 2.96. The van der Waals surface area contributed by atoms with Crippen molar-refractivity contribution >= 4 is 5.91 Å². The second-order valence-corrected chi connectivity index (χ2v) is 9.14. The van der Waals surface area contributed by atoms with E-state index in [9.17, 15) is 9.90 Å². The van der Waals surface area contributed by atoms with Crippen LogP contribution in [0.5, 0.6) is 5.75 Å². The molecule has 170 valence electrons. The number of benzene rings is 3. The van der Waals surface area contributed by atoms with Gasteiger partial charge in [0, 0.05) is 18.7 Å². The molecule has 2 aliphatic heterocycles. The van der Waals surface area contributed by atoms with Crippen molar-refractivity contribution in [3.8, 4) is 5.75 Å². The third kappa shape index (κ3) is 3.92. The van der Waals surface area contributed by atoms with Crippen molar-refractivity contribution in [3.63, 3.8) is 0 Å². The van der Waals surface area contributed by atoms with Crippen molar-refractivity contribution in [1.82, 2.24) is 4.90 Å². The van der Waals surface area contributed by atoms with Crippen LogP contribution in [0.1, 0.15) is 34.8 Å². The largest absolute Gasteiger partial charge is 0.490 e. The molecule has 0 saturated carbocycles. The Labute approximate surface area is 194 Å². The van der Waals surface area contributed by atoms with E-state index in [1.165, 1.54) is 5.56 Å². The van der Waals surface area contributed by atoms with E-state index in [-0.39, 0.29) is 11.8 Å². The summed E-state index contributed by atoms with van der Waals surface area (Å²) >= 11 is 0. The third-order valence-electron chi connectivity index (χ3n) is 7.28. The molecule has 5 heteroatoms. The van der Waals surface area contributed by atoms with Gasteiger partial charge in [-0.25, -0.2) is 0 Å². The zero-order valence-electron chi connectivity index (χ0n) is 18.7. The second kappa shape index (κ2) is 9.00. The Balaban J connectivity index is 1.38. The molecule has 0 aromatic heterocycles. The van der Waals surface area contributed by atoms with E-state index in [0.29, 0.717) is 6.61 Å². The normalized spacial score (nSPS) is 20.4. The molecule has 1 fully saturated rings. The van der Waals surface area contributed by atoms with Crippen LogP contribution in [0.4, 0.5) is 0 Å². The number of carbonyl (C=O) groups excluding carboxylic acids is 1. The highest BCUT2D eigenvalue weighted by Crippen LogP contribution is 2.43. The summed E-state index contributed by atoms with van der Waals surface area (Å²) in [5.74, 6) is 0.582. The second-order valence-electron chi connectivity index (χ2n) is 9.14. The van der Waals surface area contributed by atoms with E-state index in [1.54, 1.807) is 0 Å². The van der Waals surface area contributed by atoms with Crippen molar-refractivity contribution in [3.05, 3.63) is 101 Å². The standard InChI is InChI=1S/C28H30N2O3/c29-27(32)28(21-7-3-1-4-8-21,22-9-5-2-6-10-22)23-14-16-30(18-23)15-13-20-11-12-26-24(17-20)25(31)19-33-26/h1-12,17,23,25,31H,13-16,18-19H2,(H2,29,32)/t23-,25+/m0/s1.